The van der Waals surface area contributed by atoms with E-state index in [4.69, 9.17) is 0 Å². The zero-order chi connectivity index (χ0) is 8.10. The van der Waals surface area contributed by atoms with Crippen molar-refractivity contribution in [1.82, 2.24) is 4.98 Å². The van der Waals surface area contributed by atoms with Crippen molar-refractivity contribution >= 4 is 6.08 Å². The Morgan fingerprint density at radius 3 is 3.09 bits per heavy atom. The summed E-state index contributed by atoms with van der Waals surface area (Å²) in [5.74, 6) is 0. The normalized spacial score (nSPS) is 9.91. The monoisotopic (exact) mass is 151 g/mol. The Morgan fingerprint density at radius 2 is 2.55 bits per heavy atom. The summed E-state index contributed by atoms with van der Waals surface area (Å²) in [6.45, 7) is 6.97. The van der Waals surface area contributed by atoms with E-state index in [0.29, 0.717) is 0 Å². The van der Waals surface area contributed by atoms with Gasteiger partial charge in [0.25, 0.3) is 0 Å². The third kappa shape index (κ3) is 2.22. The van der Waals surface area contributed by atoms with Crippen LogP contribution in [-0.2, 0) is 6.54 Å². The number of aromatic nitrogens is 2. The average molecular weight is 151 g/mol. The van der Waals surface area contributed by atoms with Crippen LogP contribution in [0.1, 0.15) is 25.5 Å². The van der Waals surface area contributed by atoms with E-state index in [1.807, 2.05) is 12.4 Å². The Balaban J connectivity index is 2.51. The summed E-state index contributed by atoms with van der Waals surface area (Å²) < 4.78 is 2.15. The fourth-order valence-electron chi connectivity index (χ4n) is 0.992. The van der Waals surface area contributed by atoms with E-state index in [1.165, 1.54) is 12.8 Å². The predicted octanol–water partition coefficient (Wildman–Crippen LogP) is 1.75. The molecule has 1 heterocycles. The first kappa shape index (κ1) is 8.05. The summed E-state index contributed by atoms with van der Waals surface area (Å²) in [5, 5.41) is 0. The number of aryl methyl sites for hydroxylation is 1. The van der Waals surface area contributed by atoms with E-state index in [1.54, 1.807) is 0 Å². The van der Waals surface area contributed by atoms with Crippen LogP contribution in [0.25, 0.3) is 6.08 Å². The molecule has 0 saturated carbocycles. The molecule has 0 atom stereocenters. The molecular weight excluding hydrogens is 136 g/mol. The van der Waals surface area contributed by atoms with Crippen molar-refractivity contribution in [3.05, 3.63) is 24.8 Å². The van der Waals surface area contributed by atoms with Gasteiger partial charge in [0.15, 0.2) is 5.69 Å². The Kier molecular flexibility index (Phi) is 2.90. The molecule has 60 valence electrons. The molecule has 0 spiro atoms. The highest BCUT2D eigenvalue weighted by Crippen LogP contribution is 1.91. The molecule has 0 saturated heterocycles. The molecule has 0 fully saturated rings. The summed E-state index contributed by atoms with van der Waals surface area (Å²) in [4.78, 5) is 3.11. The van der Waals surface area contributed by atoms with Gasteiger partial charge in [-0.05, 0) is 12.5 Å². The van der Waals surface area contributed by atoms with Crippen molar-refractivity contribution in [1.29, 1.82) is 0 Å². The van der Waals surface area contributed by atoms with Gasteiger partial charge in [0.05, 0.1) is 6.54 Å². The van der Waals surface area contributed by atoms with Crippen LogP contribution in [-0.4, -0.2) is 4.98 Å². The van der Waals surface area contributed by atoms with E-state index in [-0.39, 0.29) is 0 Å². The standard InChI is InChI=1S/C9H14N2/c1-3-5-6-11-7-9(4-2)10-8-11/h4,7-8H,2-3,5-6H2,1H3/p+1. The van der Waals surface area contributed by atoms with Crippen LogP contribution < -0.4 is 4.57 Å². The summed E-state index contributed by atoms with van der Waals surface area (Å²) in [5.41, 5.74) is 1.08. The molecule has 0 aliphatic heterocycles. The predicted molar refractivity (Wildman–Crippen MR) is 46.0 cm³/mol. The van der Waals surface area contributed by atoms with Gasteiger partial charge in [-0.2, -0.15) is 0 Å². The smallest absolute Gasteiger partial charge is 0.242 e. The number of hydrogen-bond donors (Lipinski definition) is 1. The van der Waals surface area contributed by atoms with Gasteiger partial charge in [-0.1, -0.05) is 19.9 Å². The highest BCUT2D eigenvalue weighted by molar-refractivity contribution is 5.37. The zero-order valence-electron chi connectivity index (χ0n) is 7.01. The molecule has 0 aliphatic carbocycles. The third-order valence-corrected chi connectivity index (χ3v) is 1.69. The lowest BCUT2D eigenvalue weighted by Crippen LogP contribution is -2.30. The minimum atomic E-state index is 1.08. The minimum Gasteiger partial charge on any atom is -0.244 e. The molecule has 0 radical (unpaired) electrons. The second-order valence-corrected chi connectivity index (χ2v) is 2.65. The molecule has 1 aromatic rings. The molecule has 0 unspecified atom stereocenters. The lowest BCUT2D eigenvalue weighted by atomic mass is 10.3. The summed E-state index contributed by atoms with van der Waals surface area (Å²) in [6.07, 6.45) is 8.35. The van der Waals surface area contributed by atoms with Gasteiger partial charge in [-0.3, -0.25) is 0 Å². The Hall–Kier alpha value is -1.05. The van der Waals surface area contributed by atoms with Crippen molar-refractivity contribution in [2.24, 2.45) is 0 Å². The van der Waals surface area contributed by atoms with E-state index < -0.39 is 0 Å². The first-order chi connectivity index (χ1) is 5.36. The van der Waals surface area contributed by atoms with E-state index in [9.17, 15) is 0 Å². The van der Waals surface area contributed by atoms with Crippen LogP contribution >= 0.6 is 0 Å². The van der Waals surface area contributed by atoms with E-state index >= 15 is 0 Å². The Bertz CT molecular complexity index is 225. The van der Waals surface area contributed by atoms with Gasteiger partial charge < -0.3 is 0 Å². The highest BCUT2D eigenvalue weighted by atomic mass is 15.0. The van der Waals surface area contributed by atoms with Crippen LogP contribution in [0.15, 0.2) is 19.1 Å². The maximum atomic E-state index is 3.68. The van der Waals surface area contributed by atoms with Gasteiger partial charge >= 0.3 is 0 Å². The number of unbranched alkanes of at least 4 members (excludes halogenated alkanes) is 1. The molecule has 2 nitrogen and oxygen atoms in total. The van der Waals surface area contributed by atoms with E-state index in [0.717, 1.165) is 12.2 Å². The first-order valence-electron chi connectivity index (χ1n) is 4.06. The number of nitrogens with zero attached hydrogens (tertiary/aromatic N) is 1. The van der Waals surface area contributed by atoms with Gasteiger partial charge in [0, 0.05) is 0 Å². The summed E-state index contributed by atoms with van der Waals surface area (Å²) in [7, 11) is 0. The molecular formula is C9H15N2+. The molecule has 0 bridgehead atoms. The first-order valence-corrected chi connectivity index (χ1v) is 4.06. The van der Waals surface area contributed by atoms with Crippen molar-refractivity contribution < 1.29 is 4.57 Å². The van der Waals surface area contributed by atoms with Crippen LogP contribution in [0, 0.1) is 0 Å². The molecule has 0 aromatic carbocycles. The van der Waals surface area contributed by atoms with Crippen molar-refractivity contribution in [3.8, 4) is 0 Å². The van der Waals surface area contributed by atoms with Crippen LogP contribution in [0.2, 0.25) is 0 Å². The molecule has 0 aliphatic rings. The number of imidazole rings is 1. The maximum Gasteiger partial charge on any atom is 0.242 e. The number of aromatic amines is 1. The zero-order valence-corrected chi connectivity index (χ0v) is 7.01. The second-order valence-electron chi connectivity index (χ2n) is 2.65. The number of hydrogen-bond acceptors (Lipinski definition) is 0. The van der Waals surface area contributed by atoms with Crippen molar-refractivity contribution in [2.45, 2.75) is 26.3 Å². The lowest BCUT2D eigenvalue weighted by molar-refractivity contribution is -0.696. The average Bonchev–Trinajstić information content (AvgIpc) is 2.48. The summed E-state index contributed by atoms with van der Waals surface area (Å²) in [6, 6.07) is 0. The van der Waals surface area contributed by atoms with Gasteiger partial charge in [0.2, 0.25) is 6.33 Å². The number of H-pyrrole nitrogens is 1. The molecule has 0 amide bonds. The quantitative estimate of drug-likeness (QED) is 0.632. The second kappa shape index (κ2) is 3.96. The van der Waals surface area contributed by atoms with Crippen LogP contribution in [0.3, 0.4) is 0 Å². The molecule has 1 aromatic heterocycles. The van der Waals surface area contributed by atoms with Crippen LogP contribution in [0.4, 0.5) is 0 Å². The van der Waals surface area contributed by atoms with Crippen molar-refractivity contribution in [3.63, 3.8) is 0 Å². The lowest BCUT2D eigenvalue weighted by Gasteiger charge is -1.90. The fourth-order valence-corrected chi connectivity index (χ4v) is 0.992. The number of nitrogens with one attached hydrogen (secondary N) is 1. The molecule has 1 N–H and O–H groups in total. The topological polar surface area (TPSA) is 19.7 Å². The van der Waals surface area contributed by atoms with Gasteiger partial charge in [-0.15, -0.1) is 0 Å². The summed E-state index contributed by atoms with van der Waals surface area (Å²) >= 11 is 0. The minimum absolute atomic E-state index is 1.08. The van der Waals surface area contributed by atoms with E-state index in [2.05, 4.69) is 29.3 Å². The molecule has 11 heavy (non-hydrogen) atoms. The highest BCUT2D eigenvalue weighted by Gasteiger charge is 1.99. The third-order valence-electron chi connectivity index (χ3n) is 1.69. The Morgan fingerprint density at radius 1 is 1.73 bits per heavy atom. The van der Waals surface area contributed by atoms with Crippen LogP contribution in [0.5, 0.6) is 0 Å². The maximum absolute atomic E-state index is 3.68. The largest absolute Gasteiger partial charge is 0.244 e. The fraction of sp³-hybridized carbons (Fsp3) is 0.444. The van der Waals surface area contributed by atoms with Gasteiger partial charge in [-0.25, -0.2) is 9.55 Å². The SMILES string of the molecule is C=Cc1c[n+](CCCC)c[nH]1. The number of rotatable bonds is 4. The Labute approximate surface area is 67.6 Å². The van der Waals surface area contributed by atoms with Gasteiger partial charge in [0.1, 0.15) is 6.20 Å². The van der Waals surface area contributed by atoms with Crippen molar-refractivity contribution in [2.75, 3.05) is 0 Å². The molecule has 2 heteroatoms. The molecule has 1 rings (SSSR count).